The highest BCUT2D eigenvalue weighted by Crippen LogP contribution is 2.36. The van der Waals surface area contributed by atoms with Crippen LogP contribution in [0.3, 0.4) is 0 Å². The normalized spacial score (nSPS) is 27.4. The minimum absolute atomic E-state index is 0.202. The Labute approximate surface area is 146 Å². The summed E-state index contributed by atoms with van der Waals surface area (Å²) < 4.78 is 1.95. The van der Waals surface area contributed by atoms with Gasteiger partial charge in [-0.05, 0) is 24.8 Å². The molecular weight excluding hydrogens is 322 g/mol. The van der Waals surface area contributed by atoms with Crippen molar-refractivity contribution >= 4 is 17.2 Å². The summed E-state index contributed by atoms with van der Waals surface area (Å²) in [5, 5.41) is 7.54. The average Bonchev–Trinajstić information content (AvgIpc) is 3.27. The number of carbonyl (C=O) groups excluding carboxylic acids is 1. The maximum Gasteiger partial charge on any atom is 0.220 e. The first-order valence-electron chi connectivity index (χ1n) is 8.58. The van der Waals surface area contributed by atoms with Crippen LogP contribution in [0, 0.1) is 5.92 Å². The quantitative estimate of drug-likeness (QED) is 0.849. The fourth-order valence-electron chi connectivity index (χ4n) is 4.37. The van der Waals surface area contributed by atoms with Gasteiger partial charge in [-0.3, -0.25) is 14.4 Å². The summed E-state index contributed by atoms with van der Waals surface area (Å²) in [5.74, 6) is 0.760. The first-order valence-corrected chi connectivity index (χ1v) is 9.45. The Morgan fingerprint density at radius 2 is 2.33 bits per heavy atom. The van der Waals surface area contributed by atoms with Crippen molar-refractivity contribution in [2.75, 3.05) is 13.1 Å². The molecule has 4 heterocycles. The first kappa shape index (κ1) is 15.8. The van der Waals surface area contributed by atoms with Gasteiger partial charge in [0.25, 0.3) is 0 Å². The van der Waals surface area contributed by atoms with Crippen LogP contribution < -0.4 is 0 Å². The monoisotopic (exact) mass is 345 g/mol. The van der Waals surface area contributed by atoms with Crippen LogP contribution in [-0.4, -0.2) is 55.6 Å². The molecule has 128 valence electrons. The van der Waals surface area contributed by atoms with Crippen LogP contribution in [0.25, 0.3) is 0 Å². The molecule has 2 aliphatic rings. The van der Waals surface area contributed by atoms with E-state index in [-0.39, 0.29) is 11.9 Å². The molecule has 1 amide bonds. The highest BCUT2D eigenvalue weighted by molar-refractivity contribution is 7.09. The van der Waals surface area contributed by atoms with Crippen molar-refractivity contribution in [2.45, 2.75) is 44.9 Å². The third-order valence-corrected chi connectivity index (χ3v) is 6.03. The SMILES string of the molecule is CC(=O)N1[C@@H](Cn2cccn2)C[C@@H]2CN(Cc3nccs3)CC[C@@H]21. The van der Waals surface area contributed by atoms with E-state index in [1.807, 2.05) is 28.5 Å². The number of hydrogen-bond acceptors (Lipinski definition) is 5. The van der Waals surface area contributed by atoms with Gasteiger partial charge in [0.1, 0.15) is 5.01 Å². The second-order valence-electron chi connectivity index (χ2n) is 6.82. The van der Waals surface area contributed by atoms with Gasteiger partial charge in [0.15, 0.2) is 0 Å². The van der Waals surface area contributed by atoms with Gasteiger partial charge in [-0.25, -0.2) is 4.98 Å². The number of thiazole rings is 1. The minimum Gasteiger partial charge on any atom is -0.335 e. The van der Waals surface area contributed by atoms with E-state index in [0.29, 0.717) is 12.0 Å². The zero-order chi connectivity index (χ0) is 16.5. The summed E-state index contributed by atoms with van der Waals surface area (Å²) in [6.45, 7) is 5.54. The van der Waals surface area contributed by atoms with E-state index in [9.17, 15) is 4.79 Å². The molecule has 24 heavy (non-hydrogen) atoms. The number of nitrogens with zero attached hydrogens (tertiary/aromatic N) is 5. The molecule has 0 saturated carbocycles. The molecule has 2 fully saturated rings. The Kier molecular flexibility index (Phi) is 4.37. The number of fused-ring (bicyclic) bond motifs is 1. The lowest BCUT2D eigenvalue weighted by Gasteiger charge is -2.38. The van der Waals surface area contributed by atoms with E-state index >= 15 is 0 Å². The van der Waals surface area contributed by atoms with E-state index in [2.05, 4.69) is 19.9 Å². The van der Waals surface area contributed by atoms with Crippen molar-refractivity contribution < 1.29 is 4.79 Å². The lowest BCUT2D eigenvalue weighted by Crippen LogP contribution is -2.48. The Morgan fingerprint density at radius 1 is 1.42 bits per heavy atom. The second-order valence-corrected chi connectivity index (χ2v) is 7.80. The van der Waals surface area contributed by atoms with Crippen LogP contribution in [0.15, 0.2) is 30.0 Å². The maximum atomic E-state index is 12.3. The number of amides is 1. The molecule has 3 atom stereocenters. The van der Waals surface area contributed by atoms with Crippen LogP contribution in [0.4, 0.5) is 0 Å². The predicted octanol–water partition coefficient (Wildman–Crippen LogP) is 1.85. The lowest BCUT2D eigenvalue weighted by molar-refractivity contribution is -0.133. The standard InChI is InChI=1S/C17H23N5OS/c1-13(23)22-15(11-21-6-2-4-19-21)9-14-10-20(7-3-16(14)22)12-17-18-5-8-24-17/h2,4-6,8,14-16H,3,7,9-12H2,1H3/t14-,15-,16+/m1/s1. The molecule has 2 aromatic rings. The Morgan fingerprint density at radius 3 is 3.04 bits per heavy atom. The van der Waals surface area contributed by atoms with Crippen molar-refractivity contribution in [2.24, 2.45) is 5.92 Å². The topological polar surface area (TPSA) is 54.3 Å². The maximum absolute atomic E-state index is 12.3. The molecule has 2 saturated heterocycles. The van der Waals surface area contributed by atoms with Gasteiger partial charge in [-0.15, -0.1) is 11.3 Å². The summed E-state index contributed by atoms with van der Waals surface area (Å²) in [4.78, 5) is 21.3. The van der Waals surface area contributed by atoms with Gasteiger partial charge >= 0.3 is 0 Å². The van der Waals surface area contributed by atoms with Crippen molar-refractivity contribution in [3.8, 4) is 0 Å². The summed E-state index contributed by atoms with van der Waals surface area (Å²) in [7, 11) is 0. The highest BCUT2D eigenvalue weighted by atomic mass is 32.1. The summed E-state index contributed by atoms with van der Waals surface area (Å²) in [6.07, 6.45) is 7.79. The zero-order valence-corrected chi connectivity index (χ0v) is 14.7. The molecule has 6 nitrogen and oxygen atoms in total. The predicted molar refractivity (Wildman–Crippen MR) is 92.4 cm³/mol. The molecule has 0 aliphatic carbocycles. The van der Waals surface area contributed by atoms with E-state index in [1.54, 1.807) is 24.5 Å². The molecule has 4 rings (SSSR count). The molecule has 0 unspecified atom stereocenters. The number of rotatable bonds is 4. The molecule has 0 radical (unpaired) electrons. The fourth-order valence-corrected chi connectivity index (χ4v) is 5.03. The highest BCUT2D eigenvalue weighted by Gasteiger charge is 2.45. The van der Waals surface area contributed by atoms with Crippen LogP contribution in [-0.2, 0) is 17.9 Å². The molecule has 0 bridgehead atoms. The van der Waals surface area contributed by atoms with Crippen LogP contribution >= 0.6 is 11.3 Å². The number of likely N-dealkylation sites (tertiary alicyclic amines) is 2. The first-order chi connectivity index (χ1) is 11.7. The third kappa shape index (κ3) is 3.10. The molecule has 0 spiro atoms. The van der Waals surface area contributed by atoms with Gasteiger partial charge < -0.3 is 4.90 Å². The summed E-state index contributed by atoms with van der Waals surface area (Å²) in [6, 6.07) is 2.59. The number of piperidine rings is 1. The van der Waals surface area contributed by atoms with Crippen LogP contribution in [0.1, 0.15) is 24.8 Å². The van der Waals surface area contributed by atoms with E-state index < -0.39 is 0 Å². The van der Waals surface area contributed by atoms with E-state index in [0.717, 1.165) is 39.0 Å². The average molecular weight is 345 g/mol. The minimum atomic E-state index is 0.202. The molecule has 7 heteroatoms. The summed E-state index contributed by atoms with van der Waals surface area (Å²) >= 11 is 1.72. The molecular formula is C17H23N5OS. The Hall–Kier alpha value is -1.73. The third-order valence-electron chi connectivity index (χ3n) is 5.27. The van der Waals surface area contributed by atoms with Crippen LogP contribution in [0.5, 0.6) is 0 Å². The van der Waals surface area contributed by atoms with Crippen molar-refractivity contribution in [1.82, 2.24) is 24.6 Å². The molecule has 2 aliphatic heterocycles. The molecule has 2 aromatic heterocycles. The van der Waals surface area contributed by atoms with Crippen LogP contribution in [0.2, 0.25) is 0 Å². The van der Waals surface area contributed by atoms with E-state index in [4.69, 9.17) is 0 Å². The van der Waals surface area contributed by atoms with Crippen molar-refractivity contribution in [1.29, 1.82) is 0 Å². The number of carbonyl (C=O) groups is 1. The van der Waals surface area contributed by atoms with Crippen molar-refractivity contribution in [3.63, 3.8) is 0 Å². The smallest absolute Gasteiger partial charge is 0.220 e. The van der Waals surface area contributed by atoms with Gasteiger partial charge in [-0.1, -0.05) is 0 Å². The van der Waals surface area contributed by atoms with Gasteiger partial charge in [0.05, 0.1) is 19.1 Å². The van der Waals surface area contributed by atoms with Gasteiger partial charge in [0.2, 0.25) is 5.91 Å². The number of aromatic nitrogens is 3. The van der Waals surface area contributed by atoms with Crippen molar-refractivity contribution in [3.05, 3.63) is 35.0 Å². The fraction of sp³-hybridized carbons (Fsp3) is 0.588. The lowest BCUT2D eigenvalue weighted by atomic mass is 9.92. The molecule has 0 aromatic carbocycles. The Balaban J connectivity index is 1.45. The molecule has 0 N–H and O–H groups in total. The Bertz CT molecular complexity index is 671. The largest absolute Gasteiger partial charge is 0.335 e. The second kappa shape index (κ2) is 6.64. The number of hydrogen-bond donors (Lipinski definition) is 0. The van der Waals surface area contributed by atoms with Gasteiger partial charge in [-0.2, -0.15) is 5.10 Å². The summed E-state index contributed by atoms with van der Waals surface area (Å²) in [5.41, 5.74) is 0. The van der Waals surface area contributed by atoms with Gasteiger partial charge in [0, 0.05) is 50.0 Å². The zero-order valence-electron chi connectivity index (χ0n) is 13.9. The van der Waals surface area contributed by atoms with E-state index in [1.165, 1.54) is 5.01 Å².